The number of anilines is 1. The Kier molecular flexibility index (Phi) is 9.84. The first-order chi connectivity index (χ1) is 21.8. The van der Waals surface area contributed by atoms with Crippen LogP contribution in [-0.4, -0.2) is 64.3 Å². The van der Waals surface area contributed by atoms with Gasteiger partial charge in [0.05, 0.1) is 24.0 Å². The lowest BCUT2D eigenvalue weighted by Gasteiger charge is -2.20. The number of halogens is 1. The molecule has 0 spiro atoms. The monoisotopic (exact) mass is 626 g/mol. The van der Waals surface area contributed by atoms with Gasteiger partial charge in [-0.15, -0.1) is 5.10 Å². The Morgan fingerprint density at radius 3 is 2.47 bits per heavy atom. The van der Waals surface area contributed by atoms with Gasteiger partial charge >= 0.3 is 6.09 Å². The molecule has 0 aliphatic heterocycles. The number of nitrogens with zero attached hydrogens (tertiary/aromatic N) is 6. The van der Waals surface area contributed by atoms with Gasteiger partial charge in [-0.2, -0.15) is 14.9 Å². The van der Waals surface area contributed by atoms with E-state index in [2.05, 4.69) is 36.4 Å². The highest BCUT2D eigenvalue weighted by molar-refractivity contribution is 6.30. The number of nitrogens with one attached hydrogen (secondary N) is 2. The third kappa shape index (κ3) is 7.92. The van der Waals surface area contributed by atoms with E-state index in [1.54, 1.807) is 54.6 Å². The first-order valence-corrected chi connectivity index (χ1v) is 14.0. The molecule has 5 rings (SSSR count). The normalized spacial score (nSPS) is 12.5. The van der Waals surface area contributed by atoms with E-state index in [0.29, 0.717) is 45.2 Å². The average Bonchev–Trinajstić information content (AvgIpc) is 3.58. The predicted octanol–water partition coefficient (Wildman–Crippen LogP) is 4.00. The van der Waals surface area contributed by atoms with Crippen LogP contribution in [0.4, 0.5) is 10.5 Å². The topological polar surface area (TPSA) is 188 Å². The first kappa shape index (κ1) is 30.9. The van der Waals surface area contributed by atoms with Crippen molar-refractivity contribution in [3.05, 3.63) is 119 Å². The number of benzene rings is 3. The van der Waals surface area contributed by atoms with E-state index in [1.165, 1.54) is 17.1 Å². The number of carbonyl (C=O) groups is 2. The molecule has 14 heteroatoms. The Balaban J connectivity index is 1.48. The number of carbonyl (C=O) groups excluding carboxylic acids is 1. The van der Waals surface area contributed by atoms with Crippen LogP contribution in [0.25, 0.3) is 22.9 Å². The summed E-state index contributed by atoms with van der Waals surface area (Å²) in [6, 6.07) is 22.1. The van der Waals surface area contributed by atoms with Crippen molar-refractivity contribution in [2.24, 2.45) is 0 Å². The second-order valence-electron chi connectivity index (χ2n) is 9.82. The molecule has 13 nitrogen and oxygen atoms in total. The van der Waals surface area contributed by atoms with E-state index in [4.69, 9.17) is 16.7 Å². The highest BCUT2D eigenvalue weighted by Crippen LogP contribution is 2.30. The molecule has 2 amide bonds. The van der Waals surface area contributed by atoms with Crippen molar-refractivity contribution >= 4 is 35.4 Å². The Morgan fingerprint density at radius 2 is 1.78 bits per heavy atom. The van der Waals surface area contributed by atoms with Crippen molar-refractivity contribution < 1.29 is 24.9 Å². The quantitative estimate of drug-likeness (QED) is 0.134. The molecule has 0 saturated heterocycles. The molecule has 228 valence electrons. The smallest absolute Gasteiger partial charge is 0.409 e. The third-order valence-electron chi connectivity index (χ3n) is 6.73. The van der Waals surface area contributed by atoms with Crippen molar-refractivity contribution in [3.8, 4) is 16.8 Å². The highest BCUT2D eigenvalue weighted by Gasteiger charge is 2.22. The molecule has 5 aromatic rings. The maximum absolute atomic E-state index is 13.3. The van der Waals surface area contributed by atoms with E-state index < -0.39 is 30.8 Å². The van der Waals surface area contributed by atoms with Gasteiger partial charge in [0.25, 0.3) is 0 Å². The molecular formula is C31H27ClN8O5. The minimum Gasteiger partial charge on any atom is -0.465 e. The van der Waals surface area contributed by atoms with E-state index in [-0.39, 0.29) is 5.69 Å². The maximum Gasteiger partial charge on any atom is 0.409 e. The van der Waals surface area contributed by atoms with Crippen LogP contribution in [0.1, 0.15) is 34.7 Å². The summed E-state index contributed by atoms with van der Waals surface area (Å²) in [6.45, 7) is -0.592. The third-order valence-corrected chi connectivity index (χ3v) is 6.97. The van der Waals surface area contributed by atoms with Gasteiger partial charge in [0.1, 0.15) is 18.1 Å². The Morgan fingerprint density at radius 1 is 1.00 bits per heavy atom. The maximum atomic E-state index is 13.3. The molecule has 2 aromatic heterocycles. The lowest BCUT2D eigenvalue weighted by Crippen LogP contribution is -2.29. The van der Waals surface area contributed by atoms with Crippen molar-refractivity contribution in [2.75, 3.05) is 11.9 Å². The van der Waals surface area contributed by atoms with Gasteiger partial charge in [0, 0.05) is 27.9 Å². The molecule has 0 fully saturated rings. The predicted molar refractivity (Wildman–Crippen MR) is 165 cm³/mol. The molecular weight excluding hydrogens is 600 g/mol. The molecule has 0 radical (unpaired) electrons. The summed E-state index contributed by atoms with van der Waals surface area (Å²) in [7, 11) is 0. The SMILES string of the molecule is O=C(O)Nc1ccc(-c2cc(C(Cc3ccccc3)NC(=O)C=Cc3cc(Cl)ccc3-n3cnnn3)nnc2[C@H](O)CO)cc1. The highest BCUT2D eigenvalue weighted by atomic mass is 35.5. The van der Waals surface area contributed by atoms with Gasteiger partial charge in [-0.05, 0) is 70.4 Å². The van der Waals surface area contributed by atoms with Gasteiger partial charge < -0.3 is 20.6 Å². The second-order valence-corrected chi connectivity index (χ2v) is 10.3. The molecule has 0 aliphatic rings. The number of aromatic nitrogens is 6. The average molecular weight is 627 g/mol. The molecule has 45 heavy (non-hydrogen) atoms. The van der Waals surface area contributed by atoms with Crippen LogP contribution >= 0.6 is 11.6 Å². The zero-order valence-corrected chi connectivity index (χ0v) is 24.3. The molecule has 3 aromatic carbocycles. The summed E-state index contributed by atoms with van der Waals surface area (Å²) in [5.74, 6) is -0.425. The lowest BCUT2D eigenvalue weighted by atomic mass is 9.97. The molecule has 2 heterocycles. The number of aliphatic hydroxyl groups is 2. The van der Waals surface area contributed by atoms with Crippen molar-refractivity contribution in [2.45, 2.75) is 18.6 Å². The van der Waals surface area contributed by atoms with Gasteiger partial charge in [-0.25, -0.2) is 4.79 Å². The number of carboxylic acid groups (broad SMARTS) is 1. The van der Waals surface area contributed by atoms with Crippen LogP contribution in [0.2, 0.25) is 5.02 Å². The summed E-state index contributed by atoms with van der Waals surface area (Å²) in [5, 5.41) is 54.7. The van der Waals surface area contributed by atoms with E-state index in [0.717, 1.165) is 5.56 Å². The molecule has 2 atom stereocenters. The Labute approximate surface area is 261 Å². The number of amides is 2. The second kappa shape index (κ2) is 14.3. The fraction of sp³-hybridized carbons (Fsp3) is 0.129. The lowest BCUT2D eigenvalue weighted by molar-refractivity contribution is -0.117. The number of aliphatic hydroxyl groups excluding tert-OH is 2. The fourth-order valence-electron chi connectivity index (χ4n) is 4.61. The zero-order chi connectivity index (χ0) is 31.8. The van der Waals surface area contributed by atoms with Crippen LogP contribution in [0.5, 0.6) is 0 Å². The van der Waals surface area contributed by atoms with Crippen molar-refractivity contribution in [1.82, 2.24) is 35.7 Å². The Hall–Kier alpha value is -5.50. The molecule has 1 unspecified atom stereocenters. The minimum atomic E-state index is -1.32. The summed E-state index contributed by atoms with van der Waals surface area (Å²) < 4.78 is 1.45. The van der Waals surface area contributed by atoms with Gasteiger partial charge in [0.2, 0.25) is 5.91 Å². The standard InChI is InChI=1S/C31H27ClN8O5/c32-22-9-12-27(40-18-33-38-39-40)21(15-22)8-13-29(43)35-25(14-19-4-2-1-3-5-19)26-16-24(30(37-36-26)28(42)17-41)20-6-10-23(11-7-20)34-31(44)45/h1-13,15-16,18,25,28,34,41-42H,14,17H2,(H,35,43)(H,44,45)/t25?,28-/m1/s1. The van der Waals surface area contributed by atoms with E-state index >= 15 is 0 Å². The minimum absolute atomic E-state index is 0.126. The van der Waals surface area contributed by atoms with Crippen LogP contribution in [0.15, 0.2) is 91.3 Å². The molecule has 5 N–H and O–H groups in total. The molecule has 0 saturated carbocycles. The van der Waals surface area contributed by atoms with Crippen LogP contribution in [0.3, 0.4) is 0 Å². The largest absolute Gasteiger partial charge is 0.465 e. The van der Waals surface area contributed by atoms with Crippen LogP contribution < -0.4 is 10.6 Å². The van der Waals surface area contributed by atoms with Gasteiger partial charge in [-0.3, -0.25) is 10.1 Å². The van der Waals surface area contributed by atoms with E-state index in [9.17, 15) is 19.8 Å². The number of hydrogen-bond acceptors (Lipinski definition) is 9. The zero-order valence-electron chi connectivity index (χ0n) is 23.5. The summed E-state index contributed by atoms with van der Waals surface area (Å²) >= 11 is 6.22. The summed E-state index contributed by atoms with van der Waals surface area (Å²) in [4.78, 5) is 24.4. The number of tetrazole rings is 1. The number of hydrogen-bond donors (Lipinski definition) is 5. The van der Waals surface area contributed by atoms with Crippen LogP contribution in [0, 0.1) is 0 Å². The fourth-order valence-corrected chi connectivity index (χ4v) is 4.79. The molecule has 0 bridgehead atoms. The first-order valence-electron chi connectivity index (χ1n) is 13.6. The summed E-state index contributed by atoms with van der Waals surface area (Å²) in [6.07, 6.45) is 2.23. The number of rotatable bonds is 11. The van der Waals surface area contributed by atoms with Crippen molar-refractivity contribution in [3.63, 3.8) is 0 Å². The van der Waals surface area contributed by atoms with Crippen LogP contribution in [-0.2, 0) is 11.2 Å². The van der Waals surface area contributed by atoms with Crippen molar-refractivity contribution in [1.29, 1.82) is 0 Å². The summed E-state index contributed by atoms with van der Waals surface area (Å²) in [5.41, 5.74) is 4.07. The van der Waals surface area contributed by atoms with E-state index in [1.807, 2.05) is 30.3 Å². The Bertz CT molecular complexity index is 1800. The van der Waals surface area contributed by atoms with Gasteiger partial charge in [0.15, 0.2) is 0 Å². The van der Waals surface area contributed by atoms with Gasteiger partial charge in [-0.1, -0.05) is 54.1 Å². The molecule has 0 aliphatic carbocycles.